The van der Waals surface area contributed by atoms with Crippen LogP contribution in [-0.2, 0) is 7.05 Å². The number of aryl methyl sites for hydroxylation is 1. The van der Waals surface area contributed by atoms with E-state index in [0.717, 1.165) is 22.7 Å². The second kappa shape index (κ2) is 3.55. The monoisotopic (exact) mass is 225 g/mol. The van der Waals surface area contributed by atoms with Gasteiger partial charge in [-0.25, -0.2) is 9.97 Å². The van der Waals surface area contributed by atoms with Crippen molar-refractivity contribution in [2.45, 2.75) is 0 Å². The van der Waals surface area contributed by atoms with Gasteiger partial charge in [0.1, 0.15) is 5.69 Å². The average Bonchev–Trinajstić information content (AvgIpc) is 2.69. The van der Waals surface area contributed by atoms with Crippen molar-refractivity contribution in [2.24, 2.45) is 7.05 Å². The minimum absolute atomic E-state index is 0.644. The Labute approximate surface area is 98.0 Å². The quantitative estimate of drug-likeness (QED) is 0.683. The fraction of sp³-hybridized carbons (Fsp3) is 0.0833. The second-order valence-electron chi connectivity index (χ2n) is 3.82. The van der Waals surface area contributed by atoms with Gasteiger partial charge in [0.15, 0.2) is 11.5 Å². The van der Waals surface area contributed by atoms with Gasteiger partial charge in [0, 0.05) is 13.2 Å². The summed E-state index contributed by atoms with van der Waals surface area (Å²) in [5.41, 5.74) is 8.76. The van der Waals surface area contributed by atoms with E-state index in [1.165, 1.54) is 0 Å². The summed E-state index contributed by atoms with van der Waals surface area (Å²) in [5, 5.41) is 0. The third kappa shape index (κ3) is 1.52. The molecule has 5 nitrogen and oxygen atoms in total. The number of aromatic nitrogens is 4. The Morgan fingerprint density at radius 3 is 2.76 bits per heavy atom. The molecule has 2 N–H and O–H groups in total. The van der Waals surface area contributed by atoms with Crippen LogP contribution in [0.4, 0.5) is 5.69 Å². The van der Waals surface area contributed by atoms with Crippen LogP contribution in [0, 0.1) is 0 Å². The molecular weight excluding hydrogens is 214 g/mol. The Morgan fingerprint density at radius 2 is 2.06 bits per heavy atom. The van der Waals surface area contributed by atoms with Gasteiger partial charge in [-0.3, -0.25) is 4.98 Å². The first kappa shape index (κ1) is 9.77. The first-order valence-electron chi connectivity index (χ1n) is 5.25. The molecule has 0 saturated heterocycles. The van der Waals surface area contributed by atoms with E-state index in [2.05, 4.69) is 15.0 Å². The Bertz CT molecular complexity index is 669. The van der Waals surface area contributed by atoms with E-state index in [1.54, 1.807) is 12.4 Å². The molecule has 3 rings (SSSR count). The smallest absolute Gasteiger partial charge is 0.178 e. The van der Waals surface area contributed by atoms with Gasteiger partial charge in [-0.05, 0) is 24.3 Å². The lowest BCUT2D eigenvalue weighted by molar-refractivity contribution is 0.950. The molecule has 0 spiro atoms. The van der Waals surface area contributed by atoms with Crippen LogP contribution in [-0.4, -0.2) is 19.5 Å². The molecule has 5 heteroatoms. The number of nitrogen functional groups attached to an aromatic ring is 1. The minimum atomic E-state index is 0.644. The van der Waals surface area contributed by atoms with Crippen LogP contribution in [0.25, 0.3) is 22.7 Å². The maximum Gasteiger partial charge on any atom is 0.178 e. The van der Waals surface area contributed by atoms with Crippen LogP contribution in [0.1, 0.15) is 0 Å². The van der Waals surface area contributed by atoms with E-state index >= 15 is 0 Å². The Morgan fingerprint density at radius 1 is 1.18 bits per heavy atom. The van der Waals surface area contributed by atoms with E-state index < -0.39 is 0 Å². The zero-order valence-corrected chi connectivity index (χ0v) is 9.33. The summed E-state index contributed by atoms with van der Waals surface area (Å²) in [5.74, 6) is 0.790. The Hall–Kier alpha value is -2.43. The molecule has 0 saturated carbocycles. The topological polar surface area (TPSA) is 69.6 Å². The van der Waals surface area contributed by atoms with Crippen LogP contribution in [0.15, 0.2) is 36.7 Å². The highest BCUT2D eigenvalue weighted by atomic mass is 15.1. The molecule has 3 heterocycles. The molecule has 0 amide bonds. The molecular formula is C12H11N5. The number of anilines is 1. The molecule has 0 bridgehead atoms. The molecule has 0 aliphatic carbocycles. The van der Waals surface area contributed by atoms with Crippen molar-refractivity contribution in [3.8, 4) is 11.5 Å². The van der Waals surface area contributed by atoms with Gasteiger partial charge in [0.25, 0.3) is 0 Å². The van der Waals surface area contributed by atoms with Crippen molar-refractivity contribution in [1.82, 2.24) is 19.5 Å². The van der Waals surface area contributed by atoms with Crippen LogP contribution < -0.4 is 5.73 Å². The number of pyridine rings is 2. The van der Waals surface area contributed by atoms with Crippen LogP contribution in [0.3, 0.4) is 0 Å². The number of rotatable bonds is 1. The summed E-state index contributed by atoms with van der Waals surface area (Å²) in [4.78, 5) is 13.0. The normalized spacial score (nSPS) is 10.9. The number of nitrogens with two attached hydrogens (primary N) is 1. The fourth-order valence-electron chi connectivity index (χ4n) is 1.79. The standard InChI is InChI=1S/C12H11N5/c1-17-10-3-2-6-14-11(10)16-12(17)9-5-4-8(13)7-15-9/h2-7H,13H2,1H3. The summed E-state index contributed by atoms with van der Waals surface area (Å²) < 4.78 is 1.97. The third-order valence-electron chi connectivity index (χ3n) is 2.67. The lowest BCUT2D eigenvalue weighted by Gasteiger charge is -2.01. The average molecular weight is 225 g/mol. The van der Waals surface area contributed by atoms with Gasteiger partial charge in [0.2, 0.25) is 0 Å². The zero-order valence-electron chi connectivity index (χ0n) is 9.33. The molecule has 3 aromatic heterocycles. The lowest BCUT2D eigenvalue weighted by atomic mass is 10.3. The first-order chi connectivity index (χ1) is 8.25. The predicted molar refractivity (Wildman–Crippen MR) is 66.2 cm³/mol. The third-order valence-corrected chi connectivity index (χ3v) is 2.67. The van der Waals surface area contributed by atoms with Gasteiger partial charge >= 0.3 is 0 Å². The van der Waals surface area contributed by atoms with Gasteiger partial charge in [0.05, 0.1) is 17.4 Å². The van der Waals surface area contributed by atoms with Gasteiger partial charge < -0.3 is 10.3 Å². The minimum Gasteiger partial charge on any atom is -0.397 e. The summed E-state index contributed by atoms with van der Waals surface area (Å²) in [7, 11) is 1.95. The molecule has 0 atom stereocenters. The zero-order chi connectivity index (χ0) is 11.8. The summed E-state index contributed by atoms with van der Waals surface area (Å²) in [6, 6.07) is 7.55. The second-order valence-corrected chi connectivity index (χ2v) is 3.82. The highest BCUT2D eigenvalue weighted by Crippen LogP contribution is 2.20. The molecule has 3 aromatic rings. The van der Waals surface area contributed by atoms with E-state index in [4.69, 9.17) is 5.73 Å². The van der Waals surface area contributed by atoms with Crippen molar-refractivity contribution in [2.75, 3.05) is 5.73 Å². The van der Waals surface area contributed by atoms with Crippen molar-refractivity contribution in [3.63, 3.8) is 0 Å². The number of hydrogen-bond acceptors (Lipinski definition) is 4. The number of imidazole rings is 1. The number of nitrogens with zero attached hydrogens (tertiary/aromatic N) is 4. The number of fused-ring (bicyclic) bond motifs is 1. The van der Waals surface area contributed by atoms with E-state index in [-0.39, 0.29) is 0 Å². The van der Waals surface area contributed by atoms with Gasteiger partial charge in [-0.1, -0.05) is 0 Å². The van der Waals surface area contributed by atoms with Gasteiger partial charge in [-0.2, -0.15) is 0 Å². The van der Waals surface area contributed by atoms with E-state index in [1.807, 2.05) is 35.9 Å². The molecule has 17 heavy (non-hydrogen) atoms. The molecule has 0 radical (unpaired) electrons. The molecule has 0 fully saturated rings. The molecule has 0 unspecified atom stereocenters. The number of hydrogen-bond donors (Lipinski definition) is 1. The molecule has 0 aliphatic rings. The predicted octanol–water partition coefficient (Wildman–Crippen LogP) is 1.61. The summed E-state index contributed by atoms with van der Waals surface area (Å²) in [6.45, 7) is 0. The van der Waals surface area contributed by atoms with Crippen molar-refractivity contribution >= 4 is 16.9 Å². The highest BCUT2D eigenvalue weighted by molar-refractivity contribution is 5.76. The summed E-state index contributed by atoms with van der Waals surface area (Å²) >= 11 is 0. The highest BCUT2D eigenvalue weighted by Gasteiger charge is 2.10. The molecule has 0 aliphatic heterocycles. The first-order valence-corrected chi connectivity index (χ1v) is 5.25. The van der Waals surface area contributed by atoms with Crippen LogP contribution in [0.2, 0.25) is 0 Å². The van der Waals surface area contributed by atoms with Gasteiger partial charge in [-0.15, -0.1) is 0 Å². The Kier molecular flexibility index (Phi) is 2.04. The Balaban J connectivity index is 2.24. The van der Waals surface area contributed by atoms with Crippen molar-refractivity contribution in [3.05, 3.63) is 36.7 Å². The molecule has 84 valence electrons. The van der Waals surface area contributed by atoms with Crippen molar-refractivity contribution < 1.29 is 0 Å². The summed E-state index contributed by atoms with van der Waals surface area (Å²) in [6.07, 6.45) is 3.36. The van der Waals surface area contributed by atoms with Crippen molar-refractivity contribution in [1.29, 1.82) is 0 Å². The fourth-order valence-corrected chi connectivity index (χ4v) is 1.79. The van der Waals surface area contributed by atoms with Crippen LogP contribution in [0.5, 0.6) is 0 Å². The van der Waals surface area contributed by atoms with Crippen LogP contribution >= 0.6 is 0 Å². The maximum atomic E-state index is 5.62. The van der Waals surface area contributed by atoms with E-state index in [0.29, 0.717) is 5.69 Å². The SMILES string of the molecule is Cn1c(-c2ccc(N)cn2)nc2ncccc21. The largest absolute Gasteiger partial charge is 0.397 e. The van der Waals surface area contributed by atoms with E-state index in [9.17, 15) is 0 Å². The molecule has 0 aromatic carbocycles. The lowest BCUT2D eigenvalue weighted by Crippen LogP contribution is -1.95. The maximum absolute atomic E-state index is 5.62.